The highest BCUT2D eigenvalue weighted by Gasteiger charge is 2.31. The van der Waals surface area contributed by atoms with E-state index >= 15 is 0 Å². The summed E-state index contributed by atoms with van der Waals surface area (Å²) in [5.41, 5.74) is 5.59. The quantitative estimate of drug-likeness (QED) is 0.888. The topological polar surface area (TPSA) is 52.3 Å². The fourth-order valence-electron chi connectivity index (χ4n) is 1.44. The van der Waals surface area contributed by atoms with Crippen LogP contribution in [-0.4, -0.2) is 12.3 Å². The molecule has 1 unspecified atom stereocenters. The van der Waals surface area contributed by atoms with Gasteiger partial charge in [-0.3, -0.25) is 4.79 Å². The van der Waals surface area contributed by atoms with Crippen LogP contribution >= 0.6 is 0 Å². The van der Waals surface area contributed by atoms with Gasteiger partial charge in [0.15, 0.2) is 0 Å². The fourth-order valence-corrected chi connectivity index (χ4v) is 1.44. The molecule has 0 bridgehead atoms. The summed E-state index contributed by atoms with van der Waals surface area (Å²) in [7, 11) is 0. The zero-order chi connectivity index (χ0) is 13.1. The molecule has 0 aliphatic carbocycles. The van der Waals surface area contributed by atoms with Gasteiger partial charge < -0.3 is 10.5 Å². The largest absolute Gasteiger partial charge is 0.573 e. The number of primary amides is 1. The first kappa shape index (κ1) is 13.3. The summed E-state index contributed by atoms with van der Waals surface area (Å²) in [6.45, 7) is 1.71. The van der Waals surface area contributed by atoms with Crippen LogP contribution < -0.4 is 10.5 Å². The summed E-state index contributed by atoms with van der Waals surface area (Å²) < 4.78 is 39.7. The zero-order valence-corrected chi connectivity index (χ0v) is 9.12. The second kappa shape index (κ2) is 5.07. The summed E-state index contributed by atoms with van der Waals surface area (Å²) in [4.78, 5) is 10.7. The van der Waals surface area contributed by atoms with Crippen LogP contribution in [0.15, 0.2) is 24.3 Å². The van der Waals surface area contributed by atoms with Crippen molar-refractivity contribution in [3.8, 4) is 5.75 Å². The van der Waals surface area contributed by atoms with Gasteiger partial charge in [0.25, 0.3) is 0 Å². The molecule has 2 N–H and O–H groups in total. The summed E-state index contributed by atoms with van der Waals surface area (Å²) in [6, 6.07) is 5.51. The minimum absolute atomic E-state index is 0.0788. The number of hydrogen-bond acceptors (Lipinski definition) is 2. The average molecular weight is 247 g/mol. The molecule has 0 aliphatic rings. The Morgan fingerprint density at radius 2 is 2.12 bits per heavy atom. The molecule has 1 rings (SSSR count). The molecule has 1 aromatic carbocycles. The normalized spacial score (nSPS) is 13.2. The van der Waals surface area contributed by atoms with Gasteiger partial charge in [0.1, 0.15) is 5.75 Å². The maximum absolute atomic E-state index is 12.0. The van der Waals surface area contributed by atoms with E-state index in [0.717, 1.165) is 0 Å². The van der Waals surface area contributed by atoms with Gasteiger partial charge in [-0.25, -0.2) is 0 Å². The van der Waals surface area contributed by atoms with Gasteiger partial charge in [0.2, 0.25) is 5.91 Å². The summed E-state index contributed by atoms with van der Waals surface area (Å²) in [6.07, 6.45) is -4.64. The molecule has 0 aromatic heterocycles. The molecule has 1 atom stereocenters. The Hall–Kier alpha value is -1.72. The van der Waals surface area contributed by atoms with E-state index in [0.29, 0.717) is 5.56 Å². The molecule has 0 heterocycles. The second-order valence-corrected chi connectivity index (χ2v) is 3.69. The Labute approximate surface area is 96.4 Å². The summed E-state index contributed by atoms with van der Waals surface area (Å²) >= 11 is 0. The van der Waals surface area contributed by atoms with Gasteiger partial charge in [-0.1, -0.05) is 19.1 Å². The predicted octanol–water partition coefficient (Wildman–Crippen LogP) is 2.56. The Bertz CT molecular complexity index is 404. The monoisotopic (exact) mass is 247 g/mol. The third-order valence-corrected chi connectivity index (χ3v) is 2.17. The number of nitrogens with two attached hydrogens (primary N) is 1. The molecule has 0 fully saturated rings. The van der Waals surface area contributed by atoms with Crippen LogP contribution in [0.4, 0.5) is 13.2 Å². The average Bonchev–Trinajstić information content (AvgIpc) is 2.14. The van der Waals surface area contributed by atoms with E-state index < -0.39 is 12.3 Å². The van der Waals surface area contributed by atoms with Gasteiger partial charge >= 0.3 is 6.36 Å². The molecule has 0 saturated carbocycles. The number of halogens is 3. The van der Waals surface area contributed by atoms with E-state index in [4.69, 9.17) is 5.73 Å². The second-order valence-electron chi connectivity index (χ2n) is 3.69. The minimum atomic E-state index is -4.72. The zero-order valence-electron chi connectivity index (χ0n) is 9.12. The highest BCUT2D eigenvalue weighted by Crippen LogP contribution is 2.27. The van der Waals surface area contributed by atoms with Gasteiger partial charge in [-0.15, -0.1) is 13.2 Å². The summed E-state index contributed by atoms with van der Waals surface area (Å²) in [5.74, 6) is -1.05. The van der Waals surface area contributed by atoms with E-state index in [1.54, 1.807) is 13.0 Å². The maximum atomic E-state index is 12.0. The number of alkyl halides is 3. The molecular formula is C11H12F3NO2. The molecular weight excluding hydrogens is 235 g/mol. The number of ether oxygens (including phenoxy) is 1. The molecule has 94 valence electrons. The number of hydrogen-bond donors (Lipinski definition) is 1. The van der Waals surface area contributed by atoms with Crippen molar-refractivity contribution in [2.45, 2.75) is 25.6 Å². The lowest BCUT2D eigenvalue weighted by Crippen LogP contribution is -2.17. The van der Waals surface area contributed by atoms with E-state index in [-0.39, 0.29) is 18.1 Å². The standard InChI is InChI=1S/C11H12F3NO2/c1-7(5-10(15)16)8-3-2-4-9(6-8)17-11(12,13)14/h2-4,6-7H,5H2,1H3,(H2,15,16). The van der Waals surface area contributed by atoms with Crippen LogP contribution in [0.25, 0.3) is 0 Å². The number of carbonyl (C=O) groups excluding carboxylic acids is 1. The molecule has 17 heavy (non-hydrogen) atoms. The number of rotatable bonds is 4. The lowest BCUT2D eigenvalue weighted by atomic mass is 9.97. The molecule has 0 spiro atoms. The van der Waals surface area contributed by atoms with Crippen molar-refractivity contribution in [2.24, 2.45) is 5.73 Å². The minimum Gasteiger partial charge on any atom is -0.406 e. The first-order chi connectivity index (χ1) is 7.78. The van der Waals surface area contributed by atoms with E-state index in [2.05, 4.69) is 4.74 Å². The number of amides is 1. The molecule has 1 amide bonds. The van der Waals surface area contributed by atoms with Crippen molar-refractivity contribution in [1.29, 1.82) is 0 Å². The fraction of sp³-hybridized carbons (Fsp3) is 0.364. The van der Waals surface area contributed by atoms with Crippen LogP contribution in [0.2, 0.25) is 0 Å². The van der Waals surface area contributed by atoms with Crippen molar-refractivity contribution in [2.75, 3.05) is 0 Å². The third-order valence-electron chi connectivity index (χ3n) is 2.17. The van der Waals surface area contributed by atoms with Crippen molar-refractivity contribution in [3.63, 3.8) is 0 Å². The van der Waals surface area contributed by atoms with Gasteiger partial charge in [0.05, 0.1) is 0 Å². The molecule has 1 aromatic rings. The Balaban J connectivity index is 2.82. The van der Waals surface area contributed by atoms with Crippen LogP contribution in [0.1, 0.15) is 24.8 Å². The number of carbonyl (C=O) groups is 1. The SMILES string of the molecule is CC(CC(N)=O)c1cccc(OC(F)(F)F)c1. The maximum Gasteiger partial charge on any atom is 0.573 e. The van der Waals surface area contributed by atoms with Crippen LogP contribution in [0.3, 0.4) is 0 Å². The van der Waals surface area contributed by atoms with E-state index in [1.165, 1.54) is 18.2 Å². The molecule has 6 heteroatoms. The smallest absolute Gasteiger partial charge is 0.406 e. The lowest BCUT2D eigenvalue weighted by molar-refractivity contribution is -0.274. The van der Waals surface area contributed by atoms with Crippen molar-refractivity contribution < 1.29 is 22.7 Å². The Morgan fingerprint density at radius 1 is 1.47 bits per heavy atom. The third kappa shape index (κ3) is 4.76. The number of benzene rings is 1. The molecule has 0 saturated heterocycles. The van der Waals surface area contributed by atoms with E-state index in [1.807, 2.05) is 0 Å². The predicted molar refractivity (Wildman–Crippen MR) is 55.4 cm³/mol. The van der Waals surface area contributed by atoms with Gasteiger partial charge in [0, 0.05) is 6.42 Å². The van der Waals surface area contributed by atoms with Crippen LogP contribution in [0, 0.1) is 0 Å². The summed E-state index contributed by atoms with van der Waals surface area (Å²) in [5, 5.41) is 0. The van der Waals surface area contributed by atoms with Gasteiger partial charge in [-0.05, 0) is 23.6 Å². The Kier molecular flexibility index (Phi) is 3.98. The van der Waals surface area contributed by atoms with Gasteiger partial charge in [-0.2, -0.15) is 0 Å². The van der Waals surface area contributed by atoms with Crippen molar-refractivity contribution in [1.82, 2.24) is 0 Å². The van der Waals surface area contributed by atoms with Crippen molar-refractivity contribution >= 4 is 5.91 Å². The lowest BCUT2D eigenvalue weighted by Gasteiger charge is -2.13. The first-order valence-corrected chi connectivity index (χ1v) is 4.92. The van der Waals surface area contributed by atoms with E-state index in [9.17, 15) is 18.0 Å². The van der Waals surface area contributed by atoms with Crippen LogP contribution in [-0.2, 0) is 4.79 Å². The van der Waals surface area contributed by atoms with Crippen molar-refractivity contribution in [3.05, 3.63) is 29.8 Å². The molecule has 0 aliphatic heterocycles. The molecule has 0 radical (unpaired) electrons. The first-order valence-electron chi connectivity index (χ1n) is 4.92. The van der Waals surface area contributed by atoms with Crippen LogP contribution in [0.5, 0.6) is 5.75 Å². The highest BCUT2D eigenvalue weighted by atomic mass is 19.4. The molecule has 3 nitrogen and oxygen atoms in total. The Morgan fingerprint density at radius 3 is 2.65 bits per heavy atom. The highest BCUT2D eigenvalue weighted by molar-refractivity contribution is 5.74.